The molecule has 0 aliphatic heterocycles. The minimum Gasteiger partial charge on any atom is -0.489 e. The molecule has 0 bridgehead atoms. The molecule has 1 amide bonds. The van der Waals surface area contributed by atoms with E-state index in [-0.39, 0.29) is 18.9 Å². The molecule has 0 spiro atoms. The molecule has 6 heteroatoms. The number of hydrogen-bond donors (Lipinski definition) is 2. The Hall–Kier alpha value is -3.38. The standard InChI is InChI=1S/C26H29NO5/c1-16(2)12-13-31-23-11-10-20-17(3)21(26(30)32-25(20)18(23)4)14-24(29)27-15-22(28)19-8-6-5-7-9-19/h5-12,22,28H,13-15H2,1-4H3,(H,27,29)/t22-/m1/s1. The second-order valence-corrected chi connectivity index (χ2v) is 8.06. The maximum atomic E-state index is 12.7. The van der Waals surface area contributed by atoms with Gasteiger partial charge in [0, 0.05) is 17.5 Å². The lowest BCUT2D eigenvalue weighted by atomic mass is 10.0. The molecule has 1 heterocycles. The number of benzene rings is 2. The Morgan fingerprint density at radius 1 is 1.12 bits per heavy atom. The Kier molecular flexibility index (Phi) is 7.49. The highest BCUT2D eigenvalue weighted by Gasteiger charge is 2.18. The van der Waals surface area contributed by atoms with E-state index in [4.69, 9.17) is 9.15 Å². The number of hydrogen-bond acceptors (Lipinski definition) is 5. The average molecular weight is 436 g/mol. The molecule has 6 nitrogen and oxygen atoms in total. The molecule has 168 valence electrons. The van der Waals surface area contributed by atoms with Crippen molar-refractivity contribution in [3.8, 4) is 5.75 Å². The van der Waals surface area contributed by atoms with Gasteiger partial charge < -0.3 is 19.6 Å². The zero-order valence-corrected chi connectivity index (χ0v) is 18.9. The molecule has 1 aromatic heterocycles. The van der Waals surface area contributed by atoms with Crippen LogP contribution in [-0.4, -0.2) is 24.2 Å². The molecule has 32 heavy (non-hydrogen) atoms. The molecular formula is C26H29NO5. The third-order valence-corrected chi connectivity index (χ3v) is 5.40. The molecule has 3 aromatic rings. The van der Waals surface area contributed by atoms with E-state index in [0.717, 1.165) is 16.5 Å². The minimum atomic E-state index is -0.818. The summed E-state index contributed by atoms with van der Waals surface area (Å²) in [6.07, 6.45) is 1.03. The van der Waals surface area contributed by atoms with Crippen molar-refractivity contribution >= 4 is 16.9 Å². The number of carbonyl (C=O) groups excluding carboxylic acids is 1. The number of nitrogens with one attached hydrogen (secondary N) is 1. The van der Waals surface area contributed by atoms with Gasteiger partial charge in [-0.25, -0.2) is 4.79 Å². The maximum Gasteiger partial charge on any atom is 0.340 e. The Bertz CT molecular complexity index is 1190. The Morgan fingerprint density at radius 2 is 1.84 bits per heavy atom. The van der Waals surface area contributed by atoms with E-state index in [0.29, 0.717) is 34.6 Å². The molecule has 0 saturated carbocycles. The van der Waals surface area contributed by atoms with Gasteiger partial charge in [-0.2, -0.15) is 0 Å². The number of aliphatic hydroxyl groups excluding tert-OH is 1. The predicted molar refractivity (Wildman–Crippen MR) is 125 cm³/mol. The lowest BCUT2D eigenvalue weighted by molar-refractivity contribution is -0.120. The Balaban J connectivity index is 1.76. The van der Waals surface area contributed by atoms with Crippen molar-refractivity contribution in [2.24, 2.45) is 0 Å². The van der Waals surface area contributed by atoms with Crippen molar-refractivity contribution in [3.05, 3.63) is 86.8 Å². The van der Waals surface area contributed by atoms with Crippen LogP contribution in [0.25, 0.3) is 11.0 Å². The van der Waals surface area contributed by atoms with Crippen molar-refractivity contribution in [1.29, 1.82) is 0 Å². The smallest absolute Gasteiger partial charge is 0.340 e. The van der Waals surface area contributed by atoms with Gasteiger partial charge in [0.25, 0.3) is 0 Å². The third-order valence-electron chi connectivity index (χ3n) is 5.40. The van der Waals surface area contributed by atoms with Gasteiger partial charge in [-0.05, 0) is 57.0 Å². The SMILES string of the molecule is CC(C)=CCOc1ccc2c(C)c(CC(=O)NC[C@@H](O)c3ccccc3)c(=O)oc2c1C. The van der Waals surface area contributed by atoms with Crippen molar-refractivity contribution in [3.63, 3.8) is 0 Å². The van der Waals surface area contributed by atoms with E-state index in [2.05, 4.69) is 5.32 Å². The highest BCUT2D eigenvalue weighted by molar-refractivity contribution is 5.87. The minimum absolute atomic E-state index is 0.0618. The van der Waals surface area contributed by atoms with Crippen LogP contribution in [0.2, 0.25) is 0 Å². The first-order chi connectivity index (χ1) is 15.3. The Morgan fingerprint density at radius 3 is 2.53 bits per heavy atom. The molecule has 0 aliphatic rings. The number of aliphatic hydroxyl groups is 1. The topological polar surface area (TPSA) is 88.8 Å². The molecule has 0 aliphatic carbocycles. The van der Waals surface area contributed by atoms with Crippen LogP contribution in [0.1, 0.15) is 42.2 Å². The molecule has 3 rings (SSSR count). The zero-order chi connectivity index (χ0) is 23.3. The number of allylic oxidation sites excluding steroid dienone is 1. The summed E-state index contributed by atoms with van der Waals surface area (Å²) >= 11 is 0. The van der Waals surface area contributed by atoms with Gasteiger partial charge in [0.1, 0.15) is 17.9 Å². The molecular weight excluding hydrogens is 406 g/mol. The van der Waals surface area contributed by atoms with Crippen LogP contribution in [0.5, 0.6) is 5.75 Å². The fraction of sp³-hybridized carbons (Fsp3) is 0.308. The number of carbonyl (C=O) groups is 1. The lowest BCUT2D eigenvalue weighted by Crippen LogP contribution is -2.31. The molecule has 0 radical (unpaired) electrons. The van der Waals surface area contributed by atoms with Crippen LogP contribution in [0, 0.1) is 13.8 Å². The van der Waals surface area contributed by atoms with Crippen LogP contribution in [-0.2, 0) is 11.2 Å². The first kappa shape index (κ1) is 23.3. The summed E-state index contributed by atoms with van der Waals surface area (Å²) in [5.74, 6) is 0.297. The number of fused-ring (bicyclic) bond motifs is 1. The van der Waals surface area contributed by atoms with Crippen LogP contribution in [0.4, 0.5) is 0 Å². The van der Waals surface area contributed by atoms with Crippen LogP contribution in [0.15, 0.2) is 63.3 Å². The van der Waals surface area contributed by atoms with E-state index >= 15 is 0 Å². The molecule has 1 atom stereocenters. The number of aryl methyl sites for hydroxylation is 2. The number of rotatable bonds is 8. The Labute approximate surface area is 187 Å². The zero-order valence-electron chi connectivity index (χ0n) is 18.9. The number of amides is 1. The van der Waals surface area contributed by atoms with Crippen LogP contribution < -0.4 is 15.7 Å². The second-order valence-electron chi connectivity index (χ2n) is 8.06. The summed E-state index contributed by atoms with van der Waals surface area (Å²) in [4.78, 5) is 25.1. The number of ether oxygens (including phenoxy) is 1. The van der Waals surface area contributed by atoms with E-state index in [1.54, 1.807) is 12.1 Å². The second kappa shape index (κ2) is 10.3. The monoisotopic (exact) mass is 435 g/mol. The van der Waals surface area contributed by atoms with Gasteiger partial charge in [0.2, 0.25) is 5.91 Å². The van der Waals surface area contributed by atoms with Crippen molar-refractivity contribution in [2.75, 3.05) is 13.2 Å². The molecule has 2 aromatic carbocycles. The first-order valence-corrected chi connectivity index (χ1v) is 10.6. The van der Waals surface area contributed by atoms with Crippen LogP contribution in [0.3, 0.4) is 0 Å². The van der Waals surface area contributed by atoms with E-state index in [1.165, 1.54) is 0 Å². The summed E-state index contributed by atoms with van der Waals surface area (Å²) in [6, 6.07) is 12.8. The molecule has 2 N–H and O–H groups in total. The fourth-order valence-corrected chi connectivity index (χ4v) is 3.46. The van der Waals surface area contributed by atoms with Crippen LogP contribution >= 0.6 is 0 Å². The van der Waals surface area contributed by atoms with E-state index < -0.39 is 11.7 Å². The van der Waals surface area contributed by atoms with E-state index in [1.807, 2.05) is 64.1 Å². The van der Waals surface area contributed by atoms with Crippen molar-refractivity contribution in [2.45, 2.75) is 40.2 Å². The van der Waals surface area contributed by atoms with Crippen molar-refractivity contribution in [1.82, 2.24) is 5.32 Å². The first-order valence-electron chi connectivity index (χ1n) is 10.6. The summed E-state index contributed by atoms with van der Waals surface area (Å²) in [6.45, 7) is 8.15. The maximum absolute atomic E-state index is 12.7. The quantitative estimate of drug-likeness (QED) is 0.410. The third kappa shape index (κ3) is 5.45. The van der Waals surface area contributed by atoms with Gasteiger partial charge in [0.15, 0.2) is 0 Å². The predicted octanol–water partition coefficient (Wildman–Crippen LogP) is 4.15. The normalized spacial score (nSPS) is 11.8. The van der Waals surface area contributed by atoms with E-state index in [9.17, 15) is 14.7 Å². The summed E-state index contributed by atoms with van der Waals surface area (Å²) < 4.78 is 11.4. The summed E-state index contributed by atoms with van der Waals surface area (Å²) in [5.41, 5.74) is 3.55. The highest BCUT2D eigenvalue weighted by Crippen LogP contribution is 2.29. The fourth-order valence-electron chi connectivity index (χ4n) is 3.46. The summed E-state index contributed by atoms with van der Waals surface area (Å²) in [5, 5.41) is 13.7. The van der Waals surface area contributed by atoms with Gasteiger partial charge in [-0.3, -0.25) is 4.79 Å². The summed E-state index contributed by atoms with van der Waals surface area (Å²) in [7, 11) is 0. The van der Waals surface area contributed by atoms with Crippen molar-refractivity contribution < 1.29 is 19.1 Å². The molecule has 0 fully saturated rings. The lowest BCUT2D eigenvalue weighted by Gasteiger charge is -2.14. The molecule has 0 saturated heterocycles. The van der Waals surface area contributed by atoms with Gasteiger partial charge in [0.05, 0.1) is 18.1 Å². The average Bonchev–Trinajstić information content (AvgIpc) is 2.77. The molecule has 0 unspecified atom stereocenters. The van der Waals surface area contributed by atoms with Gasteiger partial charge in [-0.1, -0.05) is 35.9 Å². The largest absolute Gasteiger partial charge is 0.489 e. The van der Waals surface area contributed by atoms with Gasteiger partial charge in [-0.15, -0.1) is 0 Å². The van der Waals surface area contributed by atoms with Gasteiger partial charge >= 0.3 is 5.63 Å². The highest BCUT2D eigenvalue weighted by atomic mass is 16.5.